The third kappa shape index (κ3) is 3.83. The highest BCUT2D eigenvalue weighted by molar-refractivity contribution is 9.10. The lowest BCUT2D eigenvalue weighted by Crippen LogP contribution is -2.36. The first-order valence-corrected chi connectivity index (χ1v) is 7.87. The molecule has 1 aromatic rings. The van der Waals surface area contributed by atoms with E-state index in [2.05, 4.69) is 47.1 Å². The molecule has 1 N–H and O–H groups in total. The summed E-state index contributed by atoms with van der Waals surface area (Å²) in [5.41, 5.74) is 0.785. The summed E-state index contributed by atoms with van der Waals surface area (Å²) in [6.45, 7) is 2.25. The van der Waals surface area contributed by atoms with Gasteiger partial charge in [-0.15, -0.1) is 0 Å². The van der Waals surface area contributed by atoms with E-state index in [1.54, 1.807) is 0 Å². The Balaban J connectivity index is 1.91. The van der Waals surface area contributed by atoms with Crippen LogP contribution >= 0.6 is 15.9 Å². The maximum absolute atomic E-state index is 10.7. The van der Waals surface area contributed by atoms with Gasteiger partial charge in [0.2, 0.25) is 0 Å². The van der Waals surface area contributed by atoms with Crippen molar-refractivity contribution in [3.05, 3.63) is 34.3 Å². The van der Waals surface area contributed by atoms with Crippen LogP contribution in [0.3, 0.4) is 0 Å². The summed E-state index contributed by atoms with van der Waals surface area (Å²) in [4.78, 5) is 0. The fraction of sp³-hybridized carbons (Fsp3) is 0.625. The molecule has 0 unspecified atom stereocenters. The molecule has 0 spiro atoms. The van der Waals surface area contributed by atoms with Crippen LogP contribution in [0.5, 0.6) is 0 Å². The highest BCUT2D eigenvalue weighted by atomic mass is 79.9. The molecule has 1 aliphatic rings. The second-order valence-corrected chi connectivity index (χ2v) is 6.68. The summed E-state index contributed by atoms with van der Waals surface area (Å²) >= 11 is 3.45. The normalized spacial score (nSPS) is 28.3. The third-order valence-corrected chi connectivity index (χ3v) is 4.71. The fourth-order valence-electron chi connectivity index (χ4n) is 3.07. The first-order valence-electron chi connectivity index (χ1n) is 7.08. The molecule has 1 saturated carbocycles. The minimum absolute atomic E-state index is 0.460. The van der Waals surface area contributed by atoms with Gasteiger partial charge in [0.15, 0.2) is 0 Å². The standard InChI is InChI=1S/C16H23BrO/c1-2-3-13-8-10-16(18,11-9-13)12-14-4-6-15(17)7-5-14/h4-7,13,18H,2-3,8-12H2,1H3. The Morgan fingerprint density at radius 2 is 1.83 bits per heavy atom. The van der Waals surface area contributed by atoms with Crippen molar-refractivity contribution < 1.29 is 5.11 Å². The molecule has 1 fully saturated rings. The molecule has 0 saturated heterocycles. The SMILES string of the molecule is CCCC1CCC(O)(Cc2ccc(Br)cc2)CC1. The molecule has 2 heteroatoms. The fourth-order valence-corrected chi connectivity index (χ4v) is 3.34. The number of rotatable bonds is 4. The van der Waals surface area contributed by atoms with Crippen molar-refractivity contribution in [1.29, 1.82) is 0 Å². The van der Waals surface area contributed by atoms with E-state index in [1.807, 2.05) is 0 Å². The van der Waals surface area contributed by atoms with Gasteiger partial charge in [-0.1, -0.05) is 47.8 Å². The van der Waals surface area contributed by atoms with Gasteiger partial charge in [0.05, 0.1) is 5.60 Å². The molecular formula is C16H23BrO. The molecule has 0 atom stereocenters. The number of hydrogen-bond donors (Lipinski definition) is 1. The summed E-state index contributed by atoms with van der Waals surface area (Å²) in [5.74, 6) is 0.847. The van der Waals surface area contributed by atoms with Crippen LogP contribution < -0.4 is 0 Å². The van der Waals surface area contributed by atoms with Crippen LogP contribution in [0.15, 0.2) is 28.7 Å². The summed E-state index contributed by atoms with van der Waals surface area (Å²) in [6.07, 6.45) is 7.73. The van der Waals surface area contributed by atoms with Gasteiger partial charge in [0.25, 0.3) is 0 Å². The Hall–Kier alpha value is -0.340. The molecule has 1 aromatic carbocycles. The maximum Gasteiger partial charge on any atom is 0.0688 e. The topological polar surface area (TPSA) is 20.2 Å². The van der Waals surface area contributed by atoms with Gasteiger partial charge in [0, 0.05) is 10.9 Å². The van der Waals surface area contributed by atoms with Gasteiger partial charge in [-0.2, -0.15) is 0 Å². The predicted octanol–water partition coefficient (Wildman–Crippen LogP) is 4.71. The molecule has 2 rings (SSSR count). The van der Waals surface area contributed by atoms with Gasteiger partial charge in [0.1, 0.15) is 0 Å². The Morgan fingerprint density at radius 1 is 1.22 bits per heavy atom. The summed E-state index contributed by atoms with van der Waals surface area (Å²) in [6, 6.07) is 8.34. The van der Waals surface area contributed by atoms with Crippen molar-refractivity contribution in [2.75, 3.05) is 0 Å². The quantitative estimate of drug-likeness (QED) is 0.853. The van der Waals surface area contributed by atoms with Gasteiger partial charge in [-0.05, 0) is 49.3 Å². The molecule has 0 heterocycles. The van der Waals surface area contributed by atoms with E-state index in [9.17, 15) is 5.11 Å². The molecule has 0 radical (unpaired) electrons. The lowest BCUT2D eigenvalue weighted by atomic mass is 9.75. The molecule has 1 nitrogen and oxygen atoms in total. The minimum Gasteiger partial charge on any atom is -0.390 e. The lowest BCUT2D eigenvalue weighted by molar-refractivity contribution is -0.00987. The van der Waals surface area contributed by atoms with E-state index in [1.165, 1.54) is 31.2 Å². The first-order chi connectivity index (χ1) is 8.61. The van der Waals surface area contributed by atoms with Crippen LogP contribution in [0.1, 0.15) is 51.0 Å². The summed E-state index contributed by atoms with van der Waals surface area (Å²) < 4.78 is 1.10. The van der Waals surface area contributed by atoms with Crippen LogP contribution in [0.25, 0.3) is 0 Å². The zero-order valence-corrected chi connectivity index (χ0v) is 12.7. The van der Waals surface area contributed by atoms with Crippen LogP contribution in [0, 0.1) is 5.92 Å². The minimum atomic E-state index is -0.460. The zero-order valence-electron chi connectivity index (χ0n) is 11.2. The van der Waals surface area contributed by atoms with Gasteiger partial charge < -0.3 is 5.11 Å². The molecule has 0 amide bonds. The Kier molecular flexibility index (Phi) is 4.85. The summed E-state index contributed by atoms with van der Waals surface area (Å²) in [5, 5.41) is 10.7. The van der Waals surface area contributed by atoms with E-state index < -0.39 is 5.60 Å². The number of aliphatic hydroxyl groups is 1. The Labute approximate surface area is 119 Å². The first kappa shape index (κ1) is 14.1. The smallest absolute Gasteiger partial charge is 0.0688 e. The molecule has 1 aliphatic carbocycles. The van der Waals surface area contributed by atoms with Gasteiger partial charge in [-0.25, -0.2) is 0 Å². The molecule has 0 aliphatic heterocycles. The Bertz CT molecular complexity index is 363. The van der Waals surface area contributed by atoms with Crippen molar-refractivity contribution in [3.63, 3.8) is 0 Å². The van der Waals surface area contributed by atoms with Crippen molar-refractivity contribution >= 4 is 15.9 Å². The second kappa shape index (κ2) is 6.21. The summed E-state index contributed by atoms with van der Waals surface area (Å²) in [7, 11) is 0. The number of halogens is 1. The van der Waals surface area contributed by atoms with Crippen molar-refractivity contribution in [2.24, 2.45) is 5.92 Å². The molecule has 100 valence electrons. The van der Waals surface area contributed by atoms with Gasteiger partial charge in [-0.3, -0.25) is 0 Å². The van der Waals surface area contributed by atoms with E-state index >= 15 is 0 Å². The van der Waals surface area contributed by atoms with Gasteiger partial charge >= 0.3 is 0 Å². The molecular weight excluding hydrogens is 288 g/mol. The van der Waals surface area contributed by atoms with Crippen LogP contribution in [-0.4, -0.2) is 10.7 Å². The average molecular weight is 311 g/mol. The van der Waals surface area contributed by atoms with Crippen LogP contribution in [0.2, 0.25) is 0 Å². The van der Waals surface area contributed by atoms with Crippen molar-refractivity contribution in [2.45, 2.75) is 57.5 Å². The molecule has 0 aromatic heterocycles. The number of hydrogen-bond acceptors (Lipinski definition) is 1. The van der Waals surface area contributed by atoms with Crippen molar-refractivity contribution in [1.82, 2.24) is 0 Å². The highest BCUT2D eigenvalue weighted by Gasteiger charge is 2.32. The average Bonchev–Trinajstić information content (AvgIpc) is 2.36. The third-order valence-electron chi connectivity index (χ3n) is 4.18. The number of benzene rings is 1. The predicted molar refractivity (Wildman–Crippen MR) is 79.7 cm³/mol. The largest absolute Gasteiger partial charge is 0.390 e. The van der Waals surface area contributed by atoms with E-state index in [4.69, 9.17) is 0 Å². The van der Waals surface area contributed by atoms with E-state index in [0.29, 0.717) is 0 Å². The lowest BCUT2D eigenvalue weighted by Gasteiger charge is -2.36. The Morgan fingerprint density at radius 3 is 2.39 bits per heavy atom. The van der Waals surface area contributed by atoms with E-state index in [-0.39, 0.29) is 0 Å². The van der Waals surface area contributed by atoms with Crippen LogP contribution in [-0.2, 0) is 6.42 Å². The molecule has 18 heavy (non-hydrogen) atoms. The monoisotopic (exact) mass is 310 g/mol. The maximum atomic E-state index is 10.7. The second-order valence-electron chi connectivity index (χ2n) is 5.76. The van der Waals surface area contributed by atoms with Crippen molar-refractivity contribution in [3.8, 4) is 0 Å². The van der Waals surface area contributed by atoms with Crippen LogP contribution in [0.4, 0.5) is 0 Å². The molecule has 0 bridgehead atoms. The zero-order chi connectivity index (χ0) is 13.0. The van der Waals surface area contributed by atoms with E-state index in [0.717, 1.165) is 29.7 Å². The highest BCUT2D eigenvalue weighted by Crippen LogP contribution is 2.36.